The van der Waals surface area contributed by atoms with E-state index in [1.165, 1.54) is 17.0 Å². The first kappa shape index (κ1) is 33.2. The van der Waals surface area contributed by atoms with Crippen LogP contribution in [-0.4, -0.2) is 44.3 Å². The number of hydrogen-bond donors (Lipinski definition) is 1. The van der Waals surface area contributed by atoms with Crippen LogP contribution in [0.3, 0.4) is 0 Å². The van der Waals surface area contributed by atoms with E-state index in [1.807, 2.05) is 61.5 Å². The zero-order chi connectivity index (χ0) is 31.7. The van der Waals surface area contributed by atoms with Gasteiger partial charge in [-0.2, -0.15) is 0 Å². The van der Waals surface area contributed by atoms with E-state index in [9.17, 15) is 18.0 Å². The highest BCUT2D eigenvalue weighted by molar-refractivity contribution is 9.10. The van der Waals surface area contributed by atoms with Gasteiger partial charge in [0.1, 0.15) is 12.6 Å². The highest BCUT2D eigenvalue weighted by Crippen LogP contribution is 2.30. The lowest BCUT2D eigenvalue weighted by atomic mass is 10.0. The fourth-order valence-electron chi connectivity index (χ4n) is 4.84. The summed E-state index contributed by atoms with van der Waals surface area (Å²) in [6.07, 6.45) is 0.971. The number of rotatable bonds is 13. The number of anilines is 1. The number of aryl methyl sites for hydroxylation is 1. The van der Waals surface area contributed by atoms with Gasteiger partial charge in [0.15, 0.2) is 0 Å². The molecule has 0 radical (unpaired) electrons. The molecule has 1 N–H and O–H groups in total. The molecule has 4 rings (SSSR count). The quantitative estimate of drug-likeness (QED) is 0.167. The molecule has 44 heavy (non-hydrogen) atoms. The Hall–Kier alpha value is -3.66. The number of nitrogens with one attached hydrogen (secondary N) is 1. The van der Waals surface area contributed by atoms with Gasteiger partial charge in [-0.1, -0.05) is 101 Å². The number of carbonyl (C=O) groups is 2. The predicted molar refractivity (Wildman–Crippen MR) is 179 cm³/mol. The smallest absolute Gasteiger partial charge is 0.264 e. The van der Waals surface area contributed by atoms with E-state index in [-0.39, 0.29) is 29.5 Å². The van der Waals surface area contributed by atoms with Crippen LogP contribution in [0.25, 0.3) is 0 Å². The minimum absolute atomic E-state index is 0.0345. The van der Waals surface area contributed by atoms with E-state index in [0.29, 0.717) is 17.1 Å². The molecule has 0 saturated carbocycles. The van der Waals surface area contributed by atoms with E-state index >= 15 is 0 Å². The molecule has 0 aliphatic heterocycles. The molecule has 0 saturated heterocycles. The maximum Gasteiger partial charge on any atom is 0.264 e. The molecule has 0 aliphatic carbocycles. The number of nitrogens with zero attached hydrogens (tertiary/aromatic N) is 2. The molecule has 0 heterocycles. The van der Waals surface area contributed by atoms with E-state index in [1.54, 1.807) is 43.3 Å². The molecule has 4 aromatic rings. The summed E-state index contributed by atoms with van der Waals surface area (Å²) in [5.41, 5.74) is 2.56. The molecule has 0 spiro atoms. The molecule has 0 unspecified atom stereocenters. The fourth-order valence-corrected chi connectivity index (χ4v) is 6.94. The number of carbonyl (C=O) groups excluding carboxylic acids is 2. The molecule has 7 nitrogen and oxygen atoms in total. The van der Waals surface area contributed by atoms with Gasteiger partial charge in [-0.15, -0.1) is 0 Å². The van der Waals surface area contributed by atoms with E-state index < -0.39 is 28.5 Å². The van der Waals surface area contributed by atoms with E-state index in [4.69, 9.17) is 11.6 Å². The van der Waals surface area contributed by atoms with Gasteiger partial charge in [-0.3, -0.25) is 13.9 Å². The number of halogens is 2. The van der Waals surface area contributed by atoms with Gasteiger partial charge in [0, 0.05) is 29.0 Å². The molecular weight excluding hydrogens is 662 g/mol. The van der Waals surface area contributed by atoms with Crippen LogP contribution in [0, 0.1) is 6.92 Å². The first-order chi connectivity index (χ1) is 21.1. The fraction of sp³-hybridized carbons (Fsp3) is 0.235. The van der Waals surface area contributed by atoms with Crippen LogP contribution in [-0.2, 0) is 32.6 Å². The van der Waals surface area contributed by atoms with Crippen LogP contribution in [0.15, 0.2) is 112 Å². The maximum atomic E-state index is 14.5. The molecule has 230 valence electrons. The minimum atomic E-state index is -4.20. The first-order valence-electron chi connectivity index (χ1n) is 14.3. The van der Waals surface area contributed by atoms with E-state index in [0.717, 1.165) is 26.3 Å². The second kappa shape index (κ2) is 15.4. The number of amides is 2. The van der Waals surface area contributed by atoms with Crippen molar-refractivity contribution in [2.45, 2.75) is 44.2 Å². The molecule has 1 atom stereocenters. The third-order valence-corrected chi connectivity index (χ3v) is 9.61. The van der Waals surface area contributed by atoms with Crippen LogP contribution >= 0.6 is 27.5 Å². The van der Waals surface area contributed by atoms with Gasteiger partial charge < -0.3 is 10.2 Å². The van der Waals surface area contributed by atoms with Crippen molar-refractivity contribution in [1.82, 2.24) is 10.2 Å². The second-order valence-corrected chi connectivity index (χ2v) is 13.6. The Morgan fingerprint density at radius 3 is 2.20 bits per heavy atom. The van der Waals surface area contributed by atoms with Gasteiger partial charge in [0.25, 0.3) is 10.0 Å². The third-order valence-electron chi connectivity index (χ3n) is 7.11. The molecule has 0 bridgehead atoms. The molecule has 0 fully saturated rings. The van der Waals surface area contributed by atoms with Crippen molar-refractivity contribution in [2.24, 2.45) is 0 Å². The topological polar surface area (TPSA) is 86.8 Å². The lowest BCUT2D eigenvalue weighted by Crippen LogP contribution is -2.53. The van der Waals surface area contributed by atoms with Gasteiger partial charge in [0.2, 0.25) is 11.8 Å². The van der Waals surface area contributed by atoms with Gasteiger partial charge >= 0.3 is 0 Å². The summed E-state index contributed by atoms with van der Waals surface area (Å²) in [4.78, 5) is 29.7. The van der Waals surface area contributed by atoms with Crippen molar-refractivity contribution in [1.29, 1.82) is 0 Å². The summed E-state index contributed by atoms with van der Waals surface area (Å²) < 4.78 is 30.1. The minimum Gasteiger partial charge on any atom is -0.354 e. The summed E-state index contributed by atoms with van der Waals surface area (Å²) in [6, 6.07) is 28.9. The van der Waals surface area contributed by atoms with Gasteiger partial charge in [0.05, 0.1) is 10.6 Å². The van der Waals surface area contributed by atoms with Crippen molar-refractivity contribution >= 4 is 55.1 Å². The Morgan fingerprint density at radius 2 is 1.55 bits per heavy atom. The average molecular weight is 697 g/mol. The standard InChI is InChI=1S/C34H35BrClN3O4S/c1-3-19-37-34(41)32(21-26-11-6-4-7-12-26)38(23-27-13-10-14-28(35)20-27)33(40)24-39(31-22-29(36)18-17-25(31)2)44(42,43)30-15-8-5-9-16-30/h4-18,20,22,32H,3,19,21,23-24H2,1-2H3,(H,37,41)/t32-/m1/s1. The highest BCUT2D eigenvalue weighted by atomic mass is 79.9. The first-order valence-corrected chi connectivity index (χ1v) is 16.9. The van der Waals surface area contributed by atoms with Crippen molar-refractivity contribution in [3.05, 3.63) is 129 Å². The summed E-state index contributed by atoms with van der Waals surface area (Å²) in [7, 11) is -4.20. The number of hydrogen-bond acceptors (Lipinski definition) is 4. The zero-order valence-electron chi connectivity index (χ0n) is 24.6. The predicted octanol–water partition coefficient (Wildman–Crippen LogP) is 6.77. The Balaban J connectivity index is 1.82. The van der Waals surface area contributed by atoms with Crippen molar-refractivity contribution in [3.8, 4) is 0 Å². The largest absolute Gasteiger partial charge is 0.354 e. The second-order valence-electron chi connectivity index (χ2n) is 10.4. The third kappa shape index (κ3) is 8.49. The average Bonchev–Trinajstić information content (AvgIpc) is 3.02. The molecule has 0 aliphatic rings. The molecular formula is C34H35BrClN3O4S. The van der Waals surface area contributed by atoms with Gasteiger partial charge in [-0.25, -0.2) is 8.42 Å². The Bertz CT molecular complexity index is 1690. The lowest BCUT2D eigenvalue weighted by molar-refractivity contribution is -0.140. The van der Waals surface area contributed by atoms with Crippen molar-refractivity contribution in [3.63, 3.8) is 0 Å². The molecule has 4 aromatic carbocycles. The van der Waals surface area contributed by atoms with Crippen molar-refractivity contribution < 1.29 is 18.0 Å². The molecule has 2 amide bonds. The van der Waals surface area contributed by atoms with Crippen molar-refractivity contribution in [2.75, 3.05) is 17.4 Å². The summed E-state index contributed by atoms with van der Waals surface area (Å²) >= 11 is 9.83. The lowest BCUT2D eigenvalue weighted by Gasteiger charge is -2.34. The SMILES string of the molecule is CCCNC(=O)[C@@H](Cc1ccccc1)N(Cc1cccc(Br)c1)C(=O)CN(c1cc(Cl)ccc1C)S(=O)(=O)c1ccccc1. The number of sulfonamides is 1. The van der Waals surface area contributed by atoms with Crippen LogP contribution in [0.5, 0.6) is 0 Å². The van der Waals surface area contributed by atoms with E-state index in [2.05, 4.69) is 21.2 Å². The molecule has 10 heteroatoms. The van der Waals surface area contributed by atoms with Crippen LogP contribution in [0.1, 0.15) is 30.0 Å². The normalized spacial score (nSPS) is 11.9. The highest BCUT2D eigenvalue weighted by Gasteiger charge is 2.35. The van der Waals surface area contributed by atoms with Crippen LogP contribution in [0.4, 0.5) is 5.69 Å². The van der Waals surface area contributed by atoms with Crippen LogP contribution < -0.4 is 9.62 Å². The van der Waals surface area contributed by atoms with Gasteiger partial charge in [-0.05, 0) is 66.4 Å². The Morgan fingerprint density at radius 1 is 0.886 bits per heavy atom. The maximum absolute atomic E-state index is 14.5. The summed E-state index contributed by atoms with van der Waals surface area (Å²) in [6.45, 7) is 3.71. The zero-order valence-corrected chi connectivity index (χ0v) is 27.8. The Labute approximate surface area is 273 Å². The monoisotopic (exact) mass is 695 g/mol. The molecule has 0 aromatic heterocycles. The van der Waals surface area contributed by atoms with Crippen LogP contribution in [0.2, 0.25) is 5.02 Å². The summed E-state index contributed by atoms with van der Waals surface area (Å²) in [5.74, 6) is -0.841. The number of benzene rings is 4. The summed E-state index contributed by atoms with van der Waals surface area (Å²) in [5, 5.41) is 3.28. The Kier molecular flexibility index (Phi) is 11.6.